The van der Waals surface area contributed by atoms with E-state index in [1.807, 2.05) is 0 Å². The van der Waals surface area contributed by atoms with E-state index < -0.39 is 4.92 Å². The lowest BCUT2D eigenvalue weighted by molar-refractivity contribution is -0.385. The summed E-state index contributed by atoms with van der Waals surface area (Å²) in [6.45, 7) is 1.60. The molecule has 1 aromatic carbocycles. The second-order valence-electron chi connectivity index (χ2n) is 5.29. The molecule has 0 bridgehead atoms. The molecular formula is C14H20ClN3O3. The number of hydrogen-bond donors (Lipinski definition) is 2. The summed E-state index contributed by atoms with van der Waals surface area (Å²) in [7, 11) is 0. The Bertz CT molecular complexity index is 528. The number of carbonyl (C=O) groups excluding carboxylic acids is 1. The molecule has 1 aliphatic carbocycles. The Balaban J connectivity index is 0.00000220. The molecule has 0 unspecified atom stereocenters. The van der Waals surface area contributed by atoms with E-state index >= 15 is 0 Å². The summed E-state index contributed by atoms with van der Waals surface area (Å²) in [5.74, 6) is -0.244. The first-order valence-electron chi connectivity index (χ1n) is 6.79. The van der Waals surface area contributed by atoms with Crippen LogP contribution < -0.4 is 11.1 Å². The van der Waals surface area contributed by atoms with Gasteiger partial charge in [-0.2, -0.15) is 0 Å². The van der Waals surface area contributed by atoms with E-state index in [0.717, 1.165) is 25.7 Å². The van der Waals surface area contributed by atoms with Gasteiger partial charge < -0.3 is 11.1 Å². The van der Waals surface area contributed by atoms with Crippen LogP contribution in [0, 0.1) is 17.0 Å². The van der Waals surface area contributed by atoms with Gasteiger partial charge in [-0.1, -0.05) is 6.07 Å². The van der Waals surface area contributed by atoms with Crippen LogP contribution in [0.3, 0.4) is 0 Å². The van der Waals surface area contributed by atoms with Crippen LogP contribution >= 0.6 is 12.4 Å². The first kappa shape index (κ1) is 17.4. The highest BCUT2D eigenvalue weighted by Gasteiger charge is 2.23. The molecule has 0 atom stereocenters. The molecule has 0 saturated heterocycles. The molecule has 0 spiro atoms. The maximum Gasteiger partial charge on any atom is 0.273 e. The van der Waals surface area contributed by atoms with Gasteiger partial charge in [0.05, 0.1) is 4.92 Å². The van der Waals surface area contributed by atoms with E-state index in [-0.39, 0.29) is 36.1 Å². The Kier molecular flexibility index (Phi) is 6.11. The average Bonchev–Trinajstić information content (AvgIpc) is 2.41. The van der Waals surface area contributed by atoms with Crippen LogP contribution in [-0.2, 0) is 0 Å². The Morgan fingerprint density at radius 1 is 1.33 bits per heavy atom. The summed E-state index contributed by atoms with van der Waals surface area (Å²) in [5.41, 5.74) is 6.58. The van der Waals surface area contributed by atoms with Crippen molar-refractivity contribution in [1.29, 1.82) is 0 Å². The SMILES string of the molecule is Cc1c(C(=O)NC2CCC(N)CC2)cccc1[N+](=O)[O-].Cl. The molecule has 0 radical (unpaired) electrons. The van der Waals surface area contributed by atoms with Crippen LogP contribution in [0.25, 0.3) is 0 Å². The zero-order valence-corrected chi connectivity index (χ0v) is 12.7. The van der Waals surface area contributed by atoms with Crippen molar-refractivity contribution in [1.82, 2.24) is 5.32 Å². The van der Waals surface area contributed by atoms with E-state index in [0.29, 0.717) is 11.1 Å². The highest BCUT2D eigenvalue weighted by atomic mass is 35.5. The quantitative estimate of drug-likeness (QED) is 0.661. The van der Waals surface area contributed by atoms with E-state index in [9.17, 15) is 14.9 Å². The van der Waals surface area contributed by atoms with Crippen molar-refractivity contribution in [3.05, 3.63) is 39.4 Å². The molecule has 1 amide bonds. The van der Waals surface area contributed by atoms with Crippen molar-refractivity contribution < 1.29 is 9.72 Å². The number of nitrogens with one attached hydrogen (secondary N) is 1. The fourth-order valence-electron chi connectivity index (χ4n) is 2.59. The summed E-state index contributed by atoms with van der Waals surface area (Å²) >= 11 is 0. The Morgan fingerprint density at radius 2 is 1.95 bits per heavy atom. The Labute approximate surface area is 129 Å². The van der Waals surface area contributed by atoms with Crippen molar-refractivity contribution in [3.8, 4) is 0 Å². The Hall–Kier alpha value is -1.66. The van der Waals surface area contributed by atoms with Gasteiger partial charge in [0.25, 0.3) is 11.6 Å². The number of rotatable bonds is 3. The third-order valence-electron chi connectivity index (χ3n) is 3.85. The van der Waals surface area contributed by atoms with Gasteiger partial charge in [-0.15, -0.1) is 12.4 Å². The normalized spacial score (nSPS) is 21.2. The van der Waals surface area contributed by atoms with Gasteiger partial charge in [0, 0.05) is 29.3 Å². The summed E-state index contributed by atoms with van der Waals surface area (Å²) in [4.78, 5) is 22.6. The molecule has 1 fully saturated rings. The third-order valence-corrected chi connectivity index (χ3v) is 3.85. The molecule has 3 N–H and O–H groups in total. The zero-order valence-electron chi connectivity index (χ0n) is 11.9. The van der Waals surface area contributed by atoms with Gasteiger partial charge in [0.2, 0.25) is 0 Å². The molecule has 1 saturated carbocycles. The van der Waals surface area contributed by atoms with Crippen molar-refractivity contribution >= 4 is 24.0 Å². The molecular weight excluding hydrogens is 294 g/mol. The molecule has 2 rings (SSSR count). The smallest absolute Gasteiger partial charge is 0.273 e. The molecule has 6 nitrogen and oxygen atoms in total. The van der Waals surface area contributed by atoms with E-state index in [4.69, 9.17) is 5.73 Å². The summed E-state index contributed by atoms with van der Waals surface area (Å²) in [6.07, 6.45) is 3.53. The van der Waals surface area contributed by atoms with Crippen LogP contribution in [0.4, 0.5) is 5.69 Å². The third kappa shape index (κ3) is 4.15. The average molecular weight is 314 g/mol. The minimum atomic E-state index is -0.467. The fourth-order valence-corrected chi connectivity index (χ4v) is 2.59. The number of nitro benzene ring substituents is 1. The van der Waals surface area contributed by atoms with Gasteiger partial charge in [-0.3, -0.25) is 14.9 Å². The number of nitrogens with zero attached hydrogens (tertiary/aromatic N) is 1. The van der Waals surface area contributed by atoms with Crippen LogP contribution in [0.15, 0.2) is 18.2 Å². The van der Waals surface area contributed by atoms with Gasteiger partial charge in [0.1, 0.15) is 0 Å². The fraction of sp³-hybridized carbons (Fsp3) is 0.500. The second kappa shape index (κ2) is 7.38. The first-order chi connectivity index (χ1) is 9.49. The molecule has 116 valence electrons. The predicted molar refractivity (Wildman–Crippen MR) is 82.8 cm³/mol. The molecule has 21 heavy (non-hydrogen) atoms. The minimum absolute atomic E-state index is 0. The van der Waals surface area contributed by atoms with E-state index in [2.05, 4.69) is 5.32 Å². The highest BCUT2D eigenvalue weighted by Crippen LogP contribution is 2.22. The maximum atomic E-state index is 12.2. The van der Waals surface area contributed by atoms with E-state index in [1.54, 1.807) is 13.0 Å². The summed E-state index contributed by atoms with van der Waals surface area (Å²) in [5, 5.41) is 13.8. The van der Waals surface area contributed by atoms with Crippen LogP contribution in [-0.4, -0.2) is 22.9 Å². The van der Waals surface area contributed by atoms with Gasteiger partial charge >= 0.3 is 0 Å². The number of benzene rings is 1. The minimum Gasteiger partial charge on any atom is -0.349 e. The van der Waals surface area contributed by atoms with Crippen molar-refractivity contribution in [2.24, 2.45) is 5.73 Å². The standard InChI is InChI=1S/C14H19N3O3.ClH/c1-9-12(3-2-4-13(9)17(19)20)14(18)16-11-7-5-10(15)6-8-11;/h2-4,10-11H,5-8,15H2,1H3,(H,16,18);1H. The lowest BCUT2D eigenvalue weighted by atomic mass is 9.91. The number of halogens is 1. The van der Waals surface area contributed by atoms with Crippen molar-refractivity contribution in [3.63, 3.8) is 0 Å². The van der Waals surface area contributed by atoms with Gasteiger partial charge in [-0.25, -0.2) is 0 Å². The monoisotopic (exact) mass is 313 g/mol. The molecule has 0 aliphatic heterocycles. The molecule has 0 aromatic heterocycles. The topological polar surface area (TPSA) is 98.3 Å². The van der Waals surface area contributed by atoms with Gasteiger partial charge in [0.15, 0.2) is 0 Å². The molecule has 1 aromatic rings. The number of carbonyl (C=O) groups is 1. The lowest BCUT2D eigenvalue weighted by Gasteiger charge is -2.27. The number of hydrogen-bond acceptors (Lipinski definition) is 4. The zero-order chi connectivity index (χ0) is 14.7. The number of amides is 1. The van der Waals surface area contributed by atoms with Crippen LogP contribution in [0.2, 0.25) is 0 Å². The highest BCUT2D eigenvalue weighted by molar-refractivity contribution is 5.96. The van der Waals surface area contributed by atoms with Crippen LogP contribution in [0.1, 0.15) is 41.6 Å². The Morgan fingerprint density at radius 3 is 2.52 bits per heavy atom. The van der Waals surface area contributed by atoms with Crippen molar-refractivity contribution in [2.75, 3.05) is 0 Å². The summed E-state index contributed by atoms with van der Waals surface area (Å²) in [6, 6.07) is 4.90. The van der Waals surface area contributed by atoms with Gasteiger partial charge in [-0.05, 0) is 38.7 Å². The first-order valence-corrected chi connectivity index (χ1v) is 6.79. The van der Waals surface area contributed by atoms with Crippen LogP contribution in [0.5, 0.6) is 0 Å². The second-order valence-corrected chi connectivity index (χ2v) is 5.29. The number of nitro groups is 1. The maximum absolute atomic E-state index is 12.2. The predicted octanol–water partition coefficient (Wildman–Crippen LogP) is 2.32. The largest absolute Gasteiger partial charge is 0.349 e. The summed E-state index contributed by atoms with van der Waals surface area (Å²) < 4.78 is 0. The van der Waals surface area contributed by atoms with Crippen molar-refractivity contribution in [2.45, 2.75) is 44.7 Å². The van der Waals surface area contributed by atoms with E-state index in [1.165, 1.54) is 12.1 Å². The molecule has 0 heterocycles. The number of nitrogens with two attached hydrogens (primary N) is 1. The molecule has 7 heteroatoms. The lowest BCUT2D eigenvalue weighted by Crippen LogP contribution is -2.40. The molecule has 1 aliphatic rings.